The van der Waals surface area contributed by atoms with Crippen molar-refractivity contribution in [2.75, 3.05) is 19.1 Å². The Morgan fingerprint density at radius 1 is 0.865 bits per heavy atom. The second-order valence-electron chi connectivity index (χ2n) is 8.27. The SMILES string of the molecule is COc1ccc(N2C(=O)[C@H](N3C(=O)c4ccc([N+](=O)[O-])cc4C3=O)[C@H]2c2cc(Br)ccc2OC)cc1Cl. The summed E-state index contributed by atoms with van der Waals surface area (Å²) >= 11 is 9.76. The third-order valence-electron chi connectivity index (χ3n) is 6.38. The van der Waals surface area contributed by atoms with Gasteiger partial charge in [-0.2, -0.15) is 0 Å². The minimum atomic E-state index is -1.23. The van der Waals surface area contributed by atoms with Gasteiger partial charge in [-0.15, -0.1) is 0 Å². The summed E-state index contributed by atoms with van der Waals surface area (Å²) < 4.78 is 11.4. The number of imide groups is 1. The van der Waals surface area contributed by atoms with Gasteiger partial charge in [-0.1, -0.05) is 27.5 Å². The van der Waals surface area contributed by atoms with Crippen molar-refractivity contribution in [3.63, 3.8) is 0 Å². The van der Waals surface area contributed by atoms with Crippen LogP contribution in [0.5, 0.6) is 11.5 Å². The molecule has 3 aromatic carbocycles. The molecule has 5 rings (SSSR count). The molecule has 3 amide bonds. The number of non-ortho nitro benzene ring substituents is 1. The van der Waals surface area contributed by atoms with Crippen molar-refractivity contribution in [1.82, 2.24) is 4.90 Å². The zero-order valence-electron chi connectivity index (χ0n) is 19.3. The summed E-state index contributed by atoms with van der Waals surface area (Å²) in [5.74, 6) is -1.18. The molecule has 0 unspecified atom stereocenters. The summed E-state index contributed by atoms with van der Waals surface area (Å²) in [6.45, 7) is 0. The summed E-state index contributed by atoms with van der Waals surface area (Å²) in [6.07, 6.45) is 0. The average molecular weight is 587 g/mol. The molecule has 1 saturated heterocycles. The van der Waals surface area contributed by atoms with Crippen molar-refractivity contribution in [2.45, 2.75) is 12.1 Å². The molecule has 37 heavy (non-hydrogen) atoms. The zero-order valence-corrected chi connectivity index (χ0v) is 21.6. The molecular formula is C25H17BrClN3O7. The van der Waals surface area contributed by atoms with Crippen LogP contribution in [0.3, 0.4) is 0 Å². The fourth-order valence-electron chi connectivity index (χ4n) is 4.68. The van der Waals surface area contributed by atoms with Gasteiger partial charge < -0.3 is 14.4 Å². The molecule has 0 aliphatic carbocycles. The number of benzene rings is 3. The van der Waals surface area contributed by atoms with E-state index in [0.29, 0.717) is 27.2 Å². The quantitative estimate of drug-likeness (QED) is 0.176. The van der Waals surface area contributed by atoms with Crippen LogP contribution in [0.1, 0.15) is 32.3 Å². The molecule has 10 nitrogen and oxygen atoms in total. The number of fused-ring (bicyclic) bond motifs is 1. The predicted octanol–water partition coefficient (Wildman–Crippen LogP) is 4.78. The van der Waals surface area contributed by atoms with Gasteiger partial charge in [-0.3, -0.25) is 29.4 Å². The second kappa shape index (κ2) is 9.16. The lowest BCUT2D eigenvalue weighted by atomic mass is 9.85. The van der Waals surface area contributed by atoms with E-state index in [1.54, 1.807) is 36.4 Å². The lowest BCUT2D eigenvalue weighted by Gasteiger charge is -2.50. The van der Waals surface area contributed by atoms with E-state index in [1.807, 2.05) is 0 Å². The molecule has 2 atom stereocenters. The first-order valence-corrected chi connectivity index (χ1v) is 12.0. The maximum atomic E-state index is 13.6. The second-order valence-corrected chi connectivity index (χ2v) is 9.59. The Kier molecular flexibility index (Phi) is 6.12. The molecule has 2 heterocycles. The molecule has 2 aliphatic heterocycles. The van der Waals surface area contributed by atoms with Crippen LogP contribution >= 0.6 is 27.5 Å². The molecular weight excluding hydrogens is 570 g/mol. The topological polar surface area (TPSA) is 119 Å². The molecule has 188 valence electrons. The van der Waals surface area contributed by atoms with E-state index in [9.17, 15) is 24.5 Å². The van der Waals surface area contributed by atoms with Crippen LogP contribution in [-0.4, -0.2) is 47.8 Å². The van der Waals surface area contributed by atoms with E-state index in [-0.39, 0.29) is 21.8 Å². The number of nitrogens with zero attached hydrogens (tertiary/aromatic N) is 3. The highest BCUT2D eigenvalue weighted by atomic mass is 79.9. The van der Waals surface area contributed by atoms with Gasteiger partial charge in [0.1, 0.15) is 17.5 Å². The third kappa shape index (κ3) is 3.82. The van der Waals surface area contributed by atoms with Crippen LogP contribution in [0, 0.1) is 10.1 Å². The average Bonchev–Trinajstić information content (AvgIpc) is 3.12. The van der Waals surface area contributed by atoms with Gasteiger partial charge in [-0.05, 0) is 42.5 Å². The Bertz CT molecular complexity index is 1510. The maximum Gasteiger partial charge on any atom is 0.270 e. The summed E-state index contributed by atoms with van der Waals surface area (Å²) in [6, 6.07) is 11.4. The number of carbonyl (C=O) groups excluding carboxylic acids is 3. The minimum absolute atomic E-state index is 0.00528. The number of rotatable bonds is 6. The van der Waals surface area contributed by atoms with Crippen LogP contribution < -0.4 is 14.4 Å². The van der Waals surface area contributed by atoms with Crippen LogP contribution in [-0.2, 0) is 4.79 Å². The molecule has 12 heteroatoms. The molecule has 3 aromatic rings. The lowest BCUT2D eigenvalue weighted by Crippen LogP contribution is -2.67. The summed E-state index contributed by atoms with van der Waals surface area (Å²) in [5.41, 5.74) is 0.496. The number of β-lactam (4-membered cyclic amide) rings is 1. The number of amides is 3. The van der Waals surface area contributed by atoms with Crippen LogP contribution in [0.2, 0.25) is 5.02 Å². The number of anilines is 1. The Morgan fingerprint density at radius 3 is 2.19 bits per heavy atom. The number of methoxy groups -OCH3 is 2. The van der Waals surface area contributed by atoms with Gasteiger partial charge in [0.25, 0.3) is 23.4 Å². The molecule has 0 saturated carbocycles. The molecule has 0 N–H and O–H groups in total. The van der Waals surface area contributed by atoms with Crippen molar-refractivity contribution >= 4 is 56.6 Å². The van der Waals surface area contributed by atoms with E-state index in [2.05, 4.69) is 15.9 Å². The smallest absolute Gasteiger partial charge is 0.270 e. The minimum Gasteiger partial charge on any atom is -0.496 e. The molecule has 0 spiro atoms. The first-order chi connectivity index (χ1) is 17.7. The number of halogens is 2. The Morgan fingerprint density at radius 2 is 1.54 bits per heavy atom. The molecule has 0 bridgehead atoms. The first-order valence-electron chi connectivity index (χ1n) is 10.8. The summed E-state index contributed by atoms with van der Waals surface area (Å²) in [5, 5.41) is 11.5. The standard InChI is InChI=1S/C25H17BrClN3O7/c1-36-19-7-3-12(26)9-17(19)21-22(25(33)28(21)13-5-8-20(37-2)18(27)11-13)29-23(31)15-6-4-14(30(34)35)10-16(15)24(29)32/h3-11,21-22H,1-2H3/t21-,22-/m1/s1. The number of ether oxygens (including phenoxy) is 2. The maximum absolute atomic E-state index is 13.6. The van der Waals surface area contributed by atoms with E-state index in [1.165, 1.54) is 25.2 Å². The van der Waals surface area contributed by atoms with Gasteiger partial charge in [0.15, 0.2) is 0 Å². The summed E-state index contributed by atoms with van der Waals surface area (Å²) in [7, 11) is 2.94. The summed E-state index contributed by atoms with van der Waals surface area (Å²) in [4.78, 5) is 53.2. The highest BCUT2D eigenvalue weighted by Gasteiger charge is 2.58. The number of carbonyl (C=O) groups is 3. The zero-order chi connectivity index (χ0) is 26.6. The molecule has 1 fully saturated rings. The van der Waals surface area contributed by atoms with E-state index in [0.717, 1.165) is 17.0 Å². The van der Waals surface area contributed by atoms with E-state index in [4.69, 9.17) is 21.1 Å². The van der Waals surface area contributed by atoms with Gasteiger partial charge in [0.2, 0.25) is 0 Å². The molecule has 2 aliphatic rings. The van der Waals surface area contributed by atoms with E-state index < -0.39 is 34.7 Å². The van der Waals surface area contributed by atoms with Crippen LogP contribution in [0.25, 0.3) is 0 Å². The van der Waals surface area contributed by atoms with Crippen LogP contribution in [0.4, 0.5) is 11.4 Å². The Labute approximate surface area is 223 Å². The van der Waals surface area contributed by atoms with Crippen molar-refractivity contribution in [1.29, 1.82) is 0 Å². The first kappa shape index (κ1) is 24.7. The normalized spacial score (nSPS) is 18.5. The van der Waals surface area contributed by atoms with Gasteiger partial charge in [0.05, 0.1) is 41.3 Å². The number of hydrogen-bond donors (Lipinski definition) is 0. The van der Waals surface area contributed by atoms with E-state index >= 15 is 0 Å². The van der Waals surface area contributed by atoms with Crippen LogP contribution in [0.15, 0.2) is 59.1 Å². The van der Waals surface area contributed by atoms with Crippen molar-refractivity contribution < 1.29 is 28.8 Å². The predicted molar refractivity (Wildman–Crippen MR) is 136 cm³/mol. The molecule has 0 aromatic heterocycles. The van der Waals surface area contributed by atoms with Crippen molar-refractivity contribution in [3.8, 4) is 11.5 Å². The molecule has 0 radical (unpaired) electrons. The number of hydrogen-bond acceptors (Lipinski definition) is 7. The van der Waals surface area contributed by atoms with Gasteiger partial charge in [-0.25, -0.2) is 0 Å². The Balaban J connectivity index is 1.63. The lowest BCUT2D eigenvalue weighted by molar-refractivity contribution is -0.384. The number of nitro benzene ring substituents is 1. The monoisotopic (exact) mass is 585 g/mol. The van der Waals surface area contributed by atoms with Gasteiger partial charge in [0, 0.05) is 27.9 Å². The fourth-order valence-corrected chi connectivity index (χ4v) is 5.31. The largest absolute Gasteiger partial charge is 0.496 e. The van der Waals surface area contributed by atoms with Crippen molar-refractivity contribution in [2.24, 2.45) is 0 Å². The number of nitro groups is 1. The van der Waals surface area contributed by atoms with Crippen molar-refractivity contribution in [3.05, 3.63) is 90.9 Å². The van der Waals surface area contributed by atoms with Gasteiger partial charge >= 0.3 is 0 Å². The Hall–Kier alpha value is -3.96. The highest BCUT2D eigenvalue weighted by molar-refractivity contribution is 9.10. The fraction of sp³-hybridized carbons (Fsp3) is 0.160. The third-order valence-corrected chi connectivity index (χ3v) is 7.17. The highest BCUT2D eigenvalue weighted by Crippen LogP contribution is 2.48.